The van der Waals surface area contributed by atoms with Gasteiger partial charge in [-0.2, -0.15) is 0 Å². The van der Waals surface area contributed by atoms with Gasteiger partial charge in [-0.05, 0) is 36.4 Å². The summed E-state index contributed by atoms with van der Waals surface area (Å²) >= 11 is 0. The van der Waals surface area contributed by atoms with Crippen molar-refractivity contribution < 1.29 is 9.90 Å². The molecule has 6 heteroatoms. The highest BCUT2D eigenvalue weighted by molar-refractivity contribution is 5.93. The van der Waals surface area contributed by atoms with E-state index in [1.54, 1.807) is 24.3 Å². The molecule has 0 aliphatic heterocycles. The number of amides is 1. The number of nitrogens with one attached hydrogen (secondary N) is 1. The minimum atomic E-state index is -0.365. The quantitative estimate of drug-likeness (QED) is 0.439. The largest absolute Gasteiger partial charge is 0.508 e. The zero-order valence-corrected chi connectivity index (χ0v) is 11.1. The molecule has 1 heterocycles. The third kappa shape index (κ3) is 3.24. The average Bonchev–Trinajstić information content (AvgIpc) is 2.48. The van der Waals surface area contributed by atoms with Crippen LogP contribution in [0.15, 0.2) is 42.6 Å². The summed E-state index contributed by atoms with van der Waals surface area (Å²) in [6.07, 6.45) is 1.49. The average molecular weight is 272 g/mol. The molecule has 104 valence electrons. The summed E-state index contributed by atoms with van der Waals surface area (Å²) in [5.74, 6) is 4.92. The highest BCUT2D eigenvalue weighted by atomic mass is 16.3. The number of carbonyl (C=O) groups excluding carboxylic acids is 1. The second kappa shape index (κ2) is 6.03. The van der Waals surface area contributed by atoms with Crippen molar-refractivity contribution in [3.8, 4) is 5.75 Å². The van der Waals surface area contributed by atoms with E-state index in [0.29, 0.717) is 12.1 Å². The van der Waals surface area contributed by atoms with Gasteiger partial charge >= 0.3 is 0 Å². The predicted molar refractivity (Wildman–Crippen MR) is 76.1 cm³/mol. The number of nitrogens with two attached hydrogens (primary N) is 1. The lowest BCUT2D eigenvalue weighted by Crippen LogP contribution is -2.30. The molecule has 2 aromatic rings. The first-order valence-electron chi connectivity index (χ1n) is 6.06. The summed E-state index contributed by atoms with van der Waals surface area (Å²) in [5, 5.41) is 9.26. The Morgan fingerprint density at radius 2 is 2.00 bits per heavy atom. The summed E-state index contributed by atoms with van der Waals surface area (Å²) < 4.78 is 0. The van der Waals surface area contributed by atoms with Gasteiger partial charge in [-0.1, -0.05) is 0 Å². The number of nitrogen functional groups attached to an aromatic ring is 1. The van der Waals surface area contributed by atoms with E-state index >= 15 is 0 Å². The van der Waals surface area contributed by atoms with E-state index in [9.17, 15) is 9.90 Å². The molecule has 1 aromatic heterocycles. The van der Waals surface area contributed by atoms with Gasteiger partial charge in [0.1, 0.15) is 5.75 Å². The van der Waals surface area contributed by atoms with Crippen LogP contribution in [0, 0.1) is 0 Å². The Bertz CT molecular complexity index is 581. The molecule has 0 atom stereocenters. The number of hydrogen-bond donors (Lipinski definition) is 3. The van der Waals surface area contributed by atoms with Gasteiger partial charge in [0.2, 0.25) is 0 Å². The third-order valence-electron chi connectivity index (χ3n) is 2.91. The predicted octanol–water partition coefficient (Wildman–Crippen LogP) is 1.03. The van der Waals surface area contributed by atoms with Gasteiger partial charge < -0.3 is 10.0 Å². The van der Waals surface area contributed by atoms with Crippen LogP contribution in [-0.4, -0.2) is 23.0 Å². The number of carbonyl (C=O) groups is 1. The van der Waals surface area contributed by atoms with Crippen molar-refractivity contribution in [1.82, 2.24) is 10.4 Å². The number of nitrogens with zero attached hydrogens (tertiary/aromatic N) is 2. The topological polar surface area (TPSA) is 91.5 Å². The molecule has 0 spiro atoms. The van der Waals surface area contributed by atoms with E-state index in [4.69, 9.17) is 5.84 Å². The number of hydrogen-bond acceptors (Lipinski definition) is 5. The number of phenolic OH excluding ortho intramolecular Hbond substituents is 1. The molecular weight excluding hydrogens is 256 g/mol. The van der Waals surface area contributed by atoms with Crippen LogP contribution in [-0.2, 0) is 6.54 Å². The maximum atomic E-state index is 11.3. The fourth-order valence-electron chi connectivity index (χ4n) is 1.78. The fourth-order valence-corrected chi connectivity index (χ4v) is 1.78. The zero-order chi connectivity index (χ0) is 14.5. The number of anilines is 1. The van der Waals surface area contributed by atoms with Gasteiger partial charge in [0.15, 0.2) is 0 Å². The molecule has 1 amide bonds. The molecule has 0 saturated carbocycles. The number of rotatable bonds is 4. The van der Waals surface area contributed by atoms with Crippen molar-refractivity contribution >= 4 is 11.6 Å². The van der Waals surface area contributed by atoms with Gasteiger partial charge in [-0.3, -0.25) is 15.2 Å². The van der Waals surface area contributed by atoms with Gasteiger partial charge in [-0.15, -0.1) is 0 Å². The SMILES string of the molecule is CN(Cc1ccc(C(=O)NN)cn1)c1ccc(O)cc1. The molecule has 0 unspecified atom stereocenters. The molecular formula is C14H16N4O2. The van der Waals surface area contributed by atoms with Crippen molar-refractivity contribution in [2.45, 2.75) is 6.54 Å². The third-order valence-corrected chi connectivity index (χ3v) is 2.91. The van der Waals surface area contributed by atoms with E-state index in [2.05, 4.69) is 10.4 Å². The van der Waals surface area contributed by atoms with Gasteiger partial charge in [0.05, 0.1) is 17.8 Å². The van der Waals surface area contributed by atoms with E-state index < -0.39 is 0 Å². The molecule has 6 nitrogen and oxygen atoms in total. The van der Waals surface area contributed by atoms with Crippen LogP contribution in [0.1, 0.15) is 16.1 Å². The molecule has 0 fully saturated rings. The van der Waals surface area contributed by atoms with Crippen molar-refractivity contribution in [1.29, 1.82) is 0 Å². The van der Waals surface area contributed by atoms with E-state index in [1.165, 1.54) is 6.20 Å². The molecule has 0 aliphatic rings. The summed E-state index contributed by atoms with van der Waals surface area (Å²) in [6.45, 7) is 0.593. The van der Waals surface area contributed by atoms with Crippen LogP contribution < -0.4 is 16.2 Å². The van der Waals surface area contributed by atoms with E-state index in [-0.39, 0.29) is 11.7 Å². The van der Waals surface area contributed by atoms with Crippen LogP contribution in [0.5, 0.6) is 5.75 Å². The minimum absolute atomic E-state index is 0.234. The molecule has 0 bridgehead atoms. The Hall–Kier alpha value is -2.60. The van der Waals surface area contributed by atoms with Crippen LogP contribution in [0.25, 0.3) is 0 Å². The minimum Gasteiger partial charge on any atom is -0.508 e. The van der Waals surface area contributed by atoms with Crippen molar-refractivity contribution in [3.63, 3.8) is 0 Å². The monoisotopic (exact) mass is 272 g/mol. The maximum absolute atomic E-state index is 11.3. The van der Waals surface area contributed by atoms with E-state index in [1.807, 2.05) is 24.1 Å². The summed E-state index contributed by atoms with van der Waals surface area (Å²) in [5.41, 5.74) is 4.27. The van der Waals surface area contributed by atoms with Crippen LogP contribution >= 0.6 is 0 Å². The lowest BCUT2D eigenvalue weighted by Gasteiger charge is -2.18. The van der Waals surface area contributed by atoms with Crippen molar-refractivity contribution in [2.75, 3.05) is 11.9 Å². The number of pyridine rings is 1. The zero-order valence-electron chi connectivity index (χ0n) is 11.1. The second-order valence-corrected chi connectivity index (χ2v) is 4.38. The lowest BCUT2D eigenvalue weighted by atomic mass is 10.2. The Morgan fingerprint density at radius 3 is 2.55 bits per heavy atom. The fraction of sp³-hybridized carbons (Fsp3) is 0.143. The summed E-state index contributed by atoms with van der Waals surface area (Å²) in [7, 11) is 1.93. The first-order valence-corrected chi connectivity index (χ1v) is 6.06. The van der Waals surface area contributed by atoms with Gasteiger partial charge in [0, 0.05) is 18.9 Å². The van der Waals surface area contributed by atoms with Gasteiger partial charge in [0.25, 0.3) is 5.91 Å². The Kier molecular flexibility index (Phi) is 4.17. The maximum Gasteiger partial charge on any atom is 0.266 e. The molecule has 2 rings (SSSR count). The smallest absolute Gasteiger partial charge is 0.266 e. The van der Waals surface area contributed by atoms with Crippen LogP contribution in [0.3, 0.4) is 0 Å². The van der Waals surface area contributed by atoms with E-state index in [0.717, 1.165) is 11.4 Å². The molecule has 1 aromatic carbocycles. The van der Waals surface area contributed by atoms with Gasteiger partial charge in [-0.25, -0.2) is 5.84 Å². The molecule has 4 N–H and O–H groups in total. The van der Waals surface area contributed by atoms with Crippen LogP contribution in [0.2, 0.25) is 0 Å². The normalized spacial score (nSPS) is 10.1. The highest BCUT2D eigenvalue weighted by Crippen LogP contribution is 2.18. The Morgan fingerprint density at radius 1 is 1.30 bits per heavy atom. The van der Waals surface area contributed by atoms with Crippen molar-refractivity contribution in [3.05, 3.63) is 53.9 Å². The van der Waals surface area contributed by atoms with Crippen LogP contribution in [0.4, 0.5) is 5.69 Å². The summed E-state index contributed by atoms with van der Waals surface area (Å²) in [4.78, 5) is 17.5. The number of phenols is 1. The summed E-state index contributed by atoms with van der Waals surface area (Å²) in [6, 6.07) is 10.4. The highest BCUT2D eigenvalue weighted by Gasteiger charge is 2.06. The number of benzene rings is 1. The number of hydrazine groups is 1. The standard InChI is InChI=1S/C14H16N4O2/c1-18(12-4-6-13(19)7-5-12)9-11-3-2-10(8-16-11)14(20)17-15/h2-8,19H,9,15H2,1H3,(H,17,20). The van der Waals surface area contributed by atoms with Crippen molar-refractivity contribution in [2.24, 2.45) is 5.84 Å². The molecule has 0 radical (unpaired) electrons. The molecule has 20 heavy (non-hydrogen) atoms. The molecule has 0 saturated heterocycles. The molecule has 0 aliphatic carbocycles. The Labute approximate surface area is 116 Å². The lowest BCUT2D eigenvalue weighted by molar-refractivity contribution is 0.0953. The second-order valence-electron chi connectivity index (χ2n) is 4.38. The first-order chi connectivity index (χ1) is 9.60. The Balaban J connectivity index is 2.06. The number of aromatic nitrogens is 1. The number of aromatic hydroxyl groups is 1. The first kappa shape index (κ1) is 13.8.